The maximum Gasteiger partial charge on any atom is 0.318 e. The number of rotatable bonds is 6. The topological polar surface area (TPSA) is 80.2 Å². The molecule has 0 bridgehead atoms. The van der Waals surface area contributed by atoms with Crippen LogP contribution in [0.1, 0.15) is 5.56 Å². The molecular formula is C18H18N4O2. The first-order valence-electron chi connectivity index (χ1n) is 7.60. The molecule has 122 valence electrons. The van der Waals surface area contributed by atoms with E-state index >= 15 is 0 Å². The van der Waals surface area contributed by atoms with Gasteiger partial charge >= 0.3 is 6.01 Å². The molecule has 3 rings (SSSR count). The molecule has 0 unspecified atom stereocenters. The normalized spacial score (nSPS) is 10.4. The first-order chi connectivity index (χ1) is 11.7. The van der Waals surface area contributed by atoms with Gasteiger partial charge in [-0.15, -0.1) is 0 Å². The van der Waals surface area contributed by atoms with Gasteiger partial charge in [-0.05, 0) is 30.2 Å². The molecule has 0 spiro atoms. The number of nitrogens with zero attached hydrogens (tertiary/aromatic N) is 3. The highest BCUT2D eigenvalue weighted by Gasteiger charge is 2.07. The fraction of sp³-hybridized carbons (Fsp3) is 0.167. The molecule has 0 saturated heterocycles. The van der Waals surface area contributed by atoms with Crippen LogP contribution in [0.3, 0.4) is 0 Å². The second kappa shape index (κ2) is 7.41. The van der Waals surface area contributed by atoms with Crippen molar-refractivity contribution < 1.29 is 9.84 Å². The van der Waals surface area contributed by atoms with Crippen molar-refractivity contribution in [1.29, 1.82) is 0 Å². The Kier molecular flexibility index (Phi) is 4.86. The number of pyridine rings is 1. The molecule has 24 heavy (non-hydrogen) atoms. The third-order valence-electron chi connectivity index (χ3n) is 3.47. The minimum absolute atomic E-state index is 0.191. The highest BCUT2D eigenvalue weighted by molar-refractivity contribution is 5.64. The maximum atomic E-state index is 9.64. The van der Waals surface area contributed by atoms with Crippen LogP contribution in [0.4, 0.5) is 5.82 Å². The Labute approximate surface area is 140 Å². The van der Waals surface area contributed by atoms with E-state index in [1.54, 1.807) is 24.4 Å². The number of aromatic nitrogens is 3. The number of phenols is 1. The van der Waals surface area contributed by atoms with Crippen molar-refractivity contribution in [2.45, 2.75) is 6.42 Å². The summed E-state index contributed by atoms with van der Waals surface area (Å²) in [7, 11) is 1.53. The smallest absolute Gasteiger partial charge is 0.318 e. The summed E-state index contributed by atoms with van der Waals surface area (Å²) in [5.74, 6) is 0.861. The predicted molar refractivity (Wildman–Crippen MR) is 92.1 cm³/mol. The molecular weight excluding hydrogens is 304 g/mol. The Balaban J connectivity index is 1.76. The van der Waals surface area contributed by atoms with Crippen molar-refractivity contribution in [2.24, 2.45) is 0 Å². The number of hydrogen-bond acceptors (Lipinski definition) is 6. The van der Waals surface area contributed by atoms with Gasteiger partial charge in [0, 0.05) is 30.6 Å². The fourth-order valence-electron chi connectivity index (χ4n) is 2.30. The van der Waals surface area contributed by atoms with Crippen LogP contribution in [0.2, 0.25) is 0 Å². The highest BCUT2D eigenvalue weighted by atomic mass is 16.5. The second-order valence-electron chi connectivity index (χ2n) is 5.21. The molecule has 0 atom stereocenters. The average molecular weight is 322 g/mol. The minimum Gasteiger partial charge on any atom is -0.508 e. The molecule has 0 aliphatic carbocycles. The van der Waals surface area contributed by atoms with Crippen LogP contribution in [0.15, 0.2) is 54.9 Å². The van der Waals surface area contributed by atoms with Crippen LogP contribution in [0.25, 0.3) is 11.3 Å². The quantitative estimate of drug-likeness (QED) is 0.726. The van der Waals surface area contributed by atoms with E-state index in [1.165, 1.54) is 7.11 Å². The van der Waals surface area contributed by atoms with Gasteiger partial charge in [-0.3, -0.25) is 4.98 Å². The van der Waals surface area contributed by atoms with Gasteiger partial charge < -0.3 is 15.2 Å². The predicted octanol–water partition coefficient (Wildman–Crippen LogP) is 2.91. The standard InChI is InChI=1S/C18H18N4O2/c1-24-18-21-16(14-5-2-6-15(23)10-14)11-17(22-18)20-9-7-13-4-3-8-19-12-13/h2-6,8,10-12,23H,7,9H2,1H3,(H,20,21,22). The lowest BCUT2D eigenvalue weighted by molar-refractivity contribution is 0.381. The Morgan fingerprint density at radius 1 is 1.12 bits per heavy atom. The van der Waals surface area contributed by atoms with Crippen LogP contribution >= 0.6 is 0 Å². The summed E-state index contributed by atoms with van der Waals surface area (Å²) in [5, 5.41) is 12.9. The highest BCUT2D eigenvalue weighted by Crippen LogP contribution is 2.25. The van der Waals surface area contributed by atoms with Gasteiger partial charge in [0.2, 0.25) is 0 Å². The lowest BCUT2D eigenvalue weighted by Crippen LogP contribution is -2.08. The average Bonchev–Trinajstić information content (AvgIpc) is 2.62. The van der Waals surface area contributed by atoms with Crippen molar-refractivity contribution in [3.05, 3.63) is 60.4 Å². The number of nitrogens with one attached hydrogen (secondary N) is 1. The number of hydrogen-bond donors (Lipinski definition) is 2. The Morgan fingerprint density at radius 2 is 2.04 bits per heavy atom. The van der Waals surface area contributed by atoms with Crippen molar-refractivity contribution in [3.63, 3.8) is 0 Å². The fourth-order valence-corrected chi connectivity index (χ4v) is 2.30. The van der Waals surface area contributed by atoms with Gasteiger partial charge in [0.15, 0.2) is 0 Å². The molecule has 2 heterocycles. The summed E-state index contributed by atoms with van der Waals surface area (Å²) in [6.07, 6.45) is 4.44. The maximum absolute atomic E-state index is 9.64. The molecule has 0 fully saturated rings. The van der Waals surface area contributed by atoms with Crippen LogP contribution in [-0.2, 0) is 6.42 Å². The van der Waals surface area contributed by atoms with Gasteiger partial charge in [-0.1, -0.05) is 18.2 Å². The zero-order chi connectivity index (χ0) is 16.8. The molecule has 0 aliphatic rings. The summed E-state index contributed by atoms with van der Waals surface area (Å²) in [5.41, 5.74) is 2.63. The molecule has 2 N–H and O–H groups in total. The third-order valence-corrected chi connectivity index (χ3v) is 3.47. The SMILES string of the molecule is COc1nc(NCCc2cccnc2)cc(-c2cccc(O)c2)n1. The number of methoxy groups -OCH3 is 1. The van der Waals surface area contributed by atoms with E-state index < -0.39 is 0 Å². The van der Waals surface area contributed by atoms with Crippen molar-refractivity contribution in [2.75, 3.05) is 19.0 Å². The third kappa shape index (κ3) is 3.98. The van der Waals surface area contributed by atoms with E-state index in [4.69, 9.17) is 4.74 Å². The molecule has 3 aromatic rings. The molecule has 6 nitrogen and oxygen atoms in total. The molecule has 0 saturated carbocycles. The zero-order valence-electron chi connectivity index (χ0n) is 13.3. The first kappa shape index (κ1) is 15.7. The summed E-state index contributed by atoms with van der Waals surface area (Å²) >= 11 is 0. The van der Waals surface area contributed by atoms with E-state index in [0.29, 0.717) is 18.1 Å². The van der Waals surface area contributed by atoms with Crippen molar-refractivity contribution in [3.8, 4) is 23.0 Å². The summed E-state index contributed by atoms with van der Waals surface area (Å²) in [6, 6.07) is 13.0. The van der Waals surface area contributed by atoms with Crippen LogP contribution < -0.4 is 10.1 Å². The number of phenolic OH excluding ortho intramolecular Hbond substituents is 1. The van der Waals surface area contributed by atoms with Gasteiger partial charge in [-0.25, -0.2) is 0 Å². The summed E-state index contributed by atoms with van der Waals surface area (Å²) in [6.45, 7) is 0.714. The molecule has 0 amide bonds. The van der Waals surface area contributed by atoms with Gasteiger partial charge in [0.25, 0.3) is 0 Å². The van der Waals surface area contributed by atoms with Crippen molar-refractivity contribution in [1.82, 2.24) is 15.0 Å². The van der Waals surface area contributed by atoms with Gasteiger partial charge in [-0.2, -0.15) is 9.97 Å². The lowest BCUT2D eigenvalue weighted by Gasteiger charge is -2.09. The van der Waals surface area contributed by atoms with Crippen molar-refractivity contribution >= 4 is 5.82 Å². The number of anilines is 1. The minimum atomic E-state index is 0.191. The van der Waals surface area contributed by atoms with Gasteiger partial charge in [0.05, 0.1) is 12.8 Å². The molecule has 0 radical (unpaired) electrons. The molecule has 2 aromatic heterocycles. The Hall–Kier alpha value is -3.15. The van der Waals surface area contributed by atoms with E-state index in [-0.39, 0.29) is 11.8 Å². The molecule has 0 aliphatic heterocycles. The largest absolute Gasteiger partial charge is 0.508 e. The first-order valence-corrected chi connectivity index (χ1v) is 7.60. The number of benzene rings is 1. The molecule has 6 heteroatoms. The second-order valence-corrected chi connectivity index (χ2v) is 5.21. The zero-order valence-corrected chi connectivity index (χ0v) is 13.3. The van der Waals surface area contributed by atoms with Gasteiger partial charge in [0.1, 0.15) is 11.6 Å². The van der Waals surface area contributed by atoms with Crippen LogP contribution in [0, 0.1) is 0 Å². The Morgan fingerprint density at radius 3 is 2.79 bits per heavy atom. The summed E-state index contributed by atoms with van der Waals surface area (Å²) in [4.78, 5) is 12.7. The number of aromatic hydroxyl groups is 1. The monoisotopic (exact) mass is 322 g/mol. The van der Waals surface area contributed by atoms with E-state index in [1.807, 2.05) is 30.5 Å². The summed E-state index contributed by atoms with van der Waals surface area (Å²) < 4.78 is 5.18. The lowest BCUT2D eigenvalue weighted by atomic mass is 10.1. The molecule has 1 aromatic carbocycles. The van der Waals surface area contributed by atoms with E-state index in [0.717, 1.165) is 17.5 Å². The van der Waals surface area contributed by atoms with Crippen LogP contribution in [-0.4, -0.2) is 33.7 Å². The van der Waals surface area contributed by atoms with E-state index in [9.17, 15) is 5.11 Å². The van der Waals surface area contributed by atoms with Crippen LogP contribution in [0.5, 0.6) is 11.8 Å². The Bertz CT molecular complexity index is 809. The van der Waals surface area contributed by atoms with E-state index in [2.05, 4.69) is 20.3 Å². The number of ether oxygens (including phenoxy) is 1.